The third-order valence-electron chi connectivity index (χ3n) is 0.944. The summed E-state index contributed by atoms with van der Waals surface area (Å²) in [6.07, 6.45) is 0. The maximum absolute atomic E-state index is 11.1. The molecule has 0 saturated heterocycles. The van der Waals surface area contributed by atoms with Crippen LogP contribution in [0.3, 0.4) is 0 Å². The van der Waals surface area contributed by atoms with Gasteiger partial charge in [0.15, 0.2) is 0 Å². The summed E-state index contributed by atoms with van der Waals surface area (Å²) in [6, 6.07) is 0. The normalized spacial score (nSPS) is 14.0. The molecule has 0 aromatic heterocycles. The zero-order chi connectivity index (χ0) is 9.28. The Morgan fingerprint density at radius 1 is 1.18 bits per heavy atom. The van der Waals surface area contributed by atoms with Crippen molar-refractivity contribution in [2.24, 2.45) is 0 Å². The summed E-state index contributed by atoms with van der Waals surface area (Å²) < 4.78 is 27.1. The van der Waals surface area contributed by atoms with E-state index < -0.39 is 21.0 Å². The molecule has 0 amide bonds. The first kappa shape index (κ1) is 10.9. The molecule has 0 heterocycles. The summed E-state index contributed by atoms with van der Waals surface area (Å²) in [4.78, 5) is 0. The topological polar surface area (TPSA) is 43.4 Å². The van der Waals surface area contributed by atoms with Gasteiger partial charge in [0.1, 0.15) is 0 Å². The zero-order valence-electron chi connectivity index (χ0n) is 7.71. The van der Waals surface area contributed by atoms with Crippen LogP contribution in [0.25, 0.3) is 0 Å². The lowest BCUT2D eigenvalue weighted by Crippen LogP contribution is -2.28. The van der Waals surface area contributed by atoms with Crippen molar-refractivity contribution in [2.75, 3.05) is 0 Å². The van der Waals surface area contributed by atoms with Crippen molar-refractivity contribution in [3.63, 3.8) is 0 Å². The summed E-state index contributed by atoms with van der Waals surface area (Å²) >= 11 is 0. The van der Waals surface area contributed by atoms with Gasteiger partial charge in [-0.2, -0.15) is 8.42 Å². The van der Waals surface area contributed by atoms with E-state index in [0.717, 1.165) is 0 Å². The lowest BCUT2D eigenvalue weighted by molar-refractivity contribution is 0.138. The van der Waals surface area contributed by atoms with E-state index in [4.69, 9.17) is 4.18 Å². The van der Waals surface area contributed by atoms with Crippen LogP contribution in [0, 0.1) is 0 Å². The Balaban J connectivity index is 4.40. The van der Waals surface area contributed by atoms with Gasteiger partial charge in [-0.05, 0) is 34.6 Å². The second-order valence-electron chi connectivity index (χ2n) is 3.74. The van der Waals surface area contributed by atoms with Gasteiger partial charge in [-0.1, -0.05) is 0 Å². The molecular weight excluding hydrogens is 164 g/mol. The molecule has 0 bridgehead atoms. The Labute approximate surface area is 68.9 Å². The molecule has 0 aromatic carbocycles. The predicted molar refractivity (Wildman–Crippen MR) is 44.9 cm³/mol. The highest BCUT2D eigenvalue weighted by molar-refractivity contribution is 7.87. The second-order valence-corrected chi connectivity index (χ2v) is 5.83. The summed E-state index contributed by atoms with van der Waals surface area (Å²) in [6.45, 7) is 8.34. The number of hydrogen-bond acceptors (Lipinski definition) is 3. The Bertz CT molecular complexity index is 208. The highest BCUT2D eigenvalue weighted by Crippen LogP contribution is 2.14. The molecule has 4 heteroatoms. The fourth-order valence-electron chi connectivity index (χ4n) is 0.445. The summed E-state index contributed by atoms with van der Waals surface area (Å²) in [7, 11) is -3.36. The third-order valence-corrected chi connectivity index (χ3v) is 2.83. The van der Waals surface area contributed by atoms with Gasteiger partial charge in [0.05, 0.1) is 10.9 Å². The molecule has 0 aliphatic carbocycles. The van der Waals surface area contributed by atoms with Gasteiger partial charge in [-0.25, -0.2) is 0 Å². The Morgan fingerprint density at radius 2 is 1.55 bits per heavy atom. The fourth-order valence-corrected chi connectivity index (χ4v) is 1.33. The minimum Gasteiger partial charge on any atom is -0.264 e. The van der Waals surface area contributed by atoms with E-state index in [1.807, 2.05) is 0 Å². The Hall–Kier alpha value is -0.0900. The van der Waals surface area contributed by atoms with Crippen molar-refractivity contribution < 1.29 is 12.6 Å². The molecule has 0 aliphatic heterocycles. The van der Waals surface area contributed by atoms with Crippen LogP contribution in [-0.2, 0) is 14.3 Å². The highest BCUT2D eigenvalue weighted by Gasteiger charge is 2.24. The number of rotatable bonds is 2. The van der Waals surface area contributed by atoms with Crippen molar-refractivity contribution in [3.8, 4) is 0 Å². The molecule has 3 nitrogen and oxygen atoms in total. The highest BCUT2D eigenvalue weighted by atomic mass is 32.2. The van der Waals surface area contributed by atoms with E-state index in [9.17, 15) is 8.42 Å². The van der Waals surface area contributed by atoms with E-state index in [2.05, 4.69) is 0 Å². The molecule has 0 radical (unpaired) electrons. The quantitative estimate of drug-likeness (QED) is 0.605. The summed E-state index contributed by atoms with van der Waals surface area (Å²) in [5, 5.41) is -0.471. The average Bonchev–Trinajstić information content (AvgIpc) is 1.56. The van der Waals surface area contributed by atoms with E-state index >= 15 is 0 Å². The van der Waals surface area contributed by atoms with Gasteiger partial charge in [0.25, 0.3) is 10.1 Å². The predicted octanol–water partition coefficient (Wildman–Crippen LogP) is 1.54. The maximum atomic E-state index is 11.1. The van der Waals surface area contributed by atoms with Gasteiger partial charge in [-0.3, -0.25) is 4.18 Å². The van der Waals surface area contributed by atoms with Crippen LogP contribution in [0.1, 0.15) is 34.6 Å². The molecule has 68 valence electrons. The van der Waals surface area contributed by atoms with Crippen molar-refractivity contribution in [1.29, 1.82) is 0 Å². The molecule has 0 unspecified atom stereocenters. The van der Waals surface area contributed by atoms with Crippen LogP contribution in [0.15, 0.2) is 0 Å². The summed E-state index contributed by atoms with van der Waals surface area (Å²) in [5.41, 5.74) is -0.622. The van der Waals surface area contributed by atoms with Gasteiger partial charge in [0.2, 0.25) is 0 Å². The van der Waals surface area contributed by atoms with Crippen molar-refractivity contribution in [2.45, 2.75) is 45.5 Å². The molecule has 0 atom stereocenters. The van der Waals surface area contributed by atoms with E-state index in [1.165, 1.54) is 0 Å². The van der Waals surface area contributed by atoms with Gasteiger partial charge in [0, 0.05) is 0 Å². The van der Waals surface area contributed by atoms with Gasteiger partial charge < -0.3 is 0 Å². The fraction of sp³-hybridized carbons (Fsp3) is 1.00. The number of hydrogen-bond donors (Lipinski definition) is 0. The molecular formula is C7H16O3S. The SMILES string of the molecule is CC(C)S(=O)(=O)OC(C)(C)C. The minimum absolute atomic E-state index is 0.471. The molecule has 0 rings (SSSR count). The Morgan fingerprint density at radius 3 is 1.64 bits per heavy atom. The van der Waals surface area contributed by atoms with Crippen LogP contribution in [0.2, 0.25) is 0 Å². The standard InChI is InChI=1S/C7H16O3S/c1-6(2)11(8,9)10-7(3,4)5/h6H,1-5H3. The molecule has 0 aliphatic rings. The average molecular weight is 180 g/mol. The van der Waals surface area contributed by atoms with Crippen LogP contribution in [-0.4, -0.2) is 19.3 Å². The van der Waals surface area contributed by atoms with Crippen molar-refractivity contribution in [1.82, 2.24) is 0 Å². The first-order valence-corrected chi connectivity index (χ1v) is 5.07. The molecule has 0 saturated carbocycles. The zero-order valence-corrected chi connectivity index (χ0v) is 8.53. The molecule has 0 spiro atoms. The minimum atomic E-state index is -3.36. The van der Waals surface area contributed by atoms with Gasteiger partial charge in [-0.15, -0.1) is 0 Å². The molecule has 0 N–H and O–H groups in total. The van der Waals surface area contributed by atoms with E-state index in [1.54, 1.807) is 34.6 Å². The lowest BCUT2D eigenvalue weighted by Gasteiger charge is -2.20. The monoisotopic (exact) mass is 180 g/mol. The van der Waals surface area contributed by atoms with Crippen LogP contribution in [0.5, 0.6) is 0 Å². The van der Waals surface area contributed by atoms with Crippen LogP contribution < -0.4 is 0 Å². The van der Waals surface area contributed by atoms with Crippen LogP contribution in [0.4, 0.5) is 0 Å². The second kappa shape index (κ2) is 3.11. The molecule has 0 aromatic rings. The van der Waals surface area contributed by atoms with E-state index in [0.29, 0.717) is 0 Å². The summed E-state index contributed by atoms with van der Waals surface area (Å²) in [5.74, 6) is 0. The van der Waals surface area contributed by atoms with Crippen molar-refractivity contribution >= 4 is 10.1 Å². The van der Waals surface area contributed by atoms with Gasteiger partial charge >= 0.3 is 0 Å². The maximum Gasteiger partial charge on any atom is 0.270 e. The smallest absolute Gasteiger partial charge is 0.264 e. The first-order valence-electron chi connectivity index (χ1n) is 3.59. The Kier molecular flexibility index (Phi) is 3.08. The molecule has 11 heavy (non-hydrogen) atoms. The van der Waals surface area contributed by atoms with Crippen LogP contribution >= 0.6 is 0 Å². The van der Waals surface area contributed by atoms with Crippen molar-refractivity contribution in [3.05, 3.63) is 0 Å². The lowest BCUT2D eigenvalue weighted by atomic mass is 10.2. The van der Waals surface area contributed by atoms with E-state index in [-0.39, 0.29) is 0 Å². The first-order chi connectivity index (χ1) is 4.65. The third kappa shape index (κ3) is 4.37. The largest absolute Gasteiger partial charge is 0.270 e. The molecule has 0 fully saturated rings.